The minimum atomic E-state index is 0.292. The van der Waals surface area contributed by atoms with Gasteiger partial charge < -0.3 is 15.0 Å². The van der Waals surface area contributed by atoms with E-state index in [-0.39, 0.29) is 0 Å². The second-order valence-electron chi connectivity index (χ2n) is 6.69. The highest BCUT2D eigenvalue weighted by Gasteiger charge is 2.29. The van der Waals surface area contributed by atoms with Gasteiger partial charge in [-0.3, -0.25) is 0 Å². The molecule has 1 aliphatic rings. The number of piperazine rings is 1. The lowest BCUT2D eigenvalue weighted by molar-refractivity contribution is 0.202. The van der Waals surface area contributed by atoms with Crippen LogP contribution in [-0.2, 0) is 11.2 Å². The molecule has 0 spiro atoms. The molecule has 0 bridgehead atoms. The lowest BCUT2D eigenvalue weighted by Gasteiger charge is -2.42. The highest BCUT2D eigenvalue weighted by Crippen LogP contribution is 2.27. The molecule has 1 fully saturated rings. The van der Waals surface area contributed by atoms with Crippen molar-refractivity contribution in [2.75, 3.05) is 38.3 Å². The summed E-state index contributed by atoms with van der Waals surface area (Å²) >= 11 is 0. The van der Waals surface area contributed by atoms with Gasteiger partial charge in [-0.25, -0.2) is 0 Å². The largest absolute Gasteiger partial charge is 0.384 e. The van der Waals surface area contributed by atoms with Crippen LogP contribution in [0.2, 0.25) is 0 Å². The second kappa shape index (κ2) is 6.59. The van der Waals surface area contributed by atoms with Crippen LogP contribution in [0.3, 0.4) is 0 Å². The molecule has 1 aliphatic heterocycles. The summed E-state index contributed by atoms with van der Waals surface area (Å²) in [7, 11) is 1.77. The SMILES string of the molecule is COCCc1ccccc1N1CCNC(C(C)(C)C)C1. The van der Waals surface area contributed by atoms with Crippen LogP contribution < -0.4 is 10.2 Å². The highest BCUT2D eigenvalue weighted by molar-refractivity contribution is 5.54. The van der Waals surface area contributed by atoms with Crippen molar-refractivity contribution < 1.29 is 4.74 Å². The van der Waals surface area contributed by atoms with Crippen LogP contribution in [0.1, 0.15) is 26.3 Å². The van der Waals surface area contributed by atoms with Crippen LogP contribution >= 0.6 is 0 Å². The lowest BCUT2D eigenvalue weighted by atomic mass is 9.85. The average molecular weight is 276 g/mol. The van der Waals surface area contributed by atoms with Crippen molar-refractivity contribution in [1.29, 1.82) is 0 Å². The first-order chi connectivity index (χ1) is 9.52. The topological polar surface area (TPSA) is 24.5 Å². The summed E-state index contributed by atoms with van der Waals surface area (Å²) in [5.74, 6) is 0. The van der Waals surface area contributed by atoms with Gasteiger partial charge in [0.2, 0.25) is 0 Å². The van der Waals surface area contributed by atoms with Gasteiger partial charge in [0.1, 0.15) is 0 Å². The maximum atomic E-state index is 5.23. The summed E-state index contributed by atoms with van der Waals surface area (Å²) < 4.78 is 5.23. The minimum absolute atomic E-state index is 0.292. The zero-order chi connectivity index (χ0) is 14.6. The van der Waals surface area contributed by atoms with Gasteiger partial charge in [-0.2, -0.15) is 0 Å². The molecule has 1 saturated heterocycles. The lowest BCUT2D eigenvalue weighted by Crippen LogP contribution is -2.56. The number of benzene rings is 1. The minimum Gasteiger partial charge on any atom is -0.384 e. The third kappa shape index (κ3) is 3.74. The Morgan fingerprint density at radius 3 is 2.75 bits per heavy atom. The number of hydrogen-bond donors (Lipinski definition) is 1. The maximum Gasteiger partial charge on any atom is 0.0503 e. The Hall–Kier alpha value is -1.06. The highest BCUT2D eigenvalue weighted by atomic mass is 16.5. The third-order valence-electron chi connectivity index (χ3n) is 4.13. The molecular formula is C17H28N2O. The number of para-hydroxylation sites is 1. The van der Waals surface area contributed by atoms with Crippen LogP contribution in [0, 0.1) is 5.41 Å². The van der Waals surface area contributed by atoms with Gasteiger partial charge in [0.05, 0.1) is 6.61 Å². The summed E-state index contributed by atoms with van der Waals surface area (Å²) in [5, 5.41) is 3.66. The molecule has 1 N–H and O–H groups in total. The zero-order valence-corrected chi connectivity index (χ0v) is 13.3. The quantitative estimate of drug-likeness (QED) is 0.915. The second-order valence-corrected chi connectivity index (χ2v) is 6.69. The van der Waals surface area contributed by atoms with E-state index >= 15 is 0 Å². The van der Waals surface area contributed by atoms with Crippen molar-refractivity contribution in [2.45, 2.75) is 33.2 Å². The first-order valence-corrected chi connectivity index (χ1v) is 7.57. The molecule has 1 aromatic rings. The van der Waals surface area contributed by atoms with Crippen LogP contribution in [0.5, 0.6) is 0 Å². The van der Waals surface area contributed by atoms with Crippen molar-refractivity contribution in [3.63, 3.8) is 0 Å². The molecule has 112 valence electrons. The number of methoxy groups -OCH3 is 1. The molecule has 1 atom stereocenters. The van der Waals surface area contributed by atoms with E-state index in [0.29, 0.717) is 11.5 Å². The van der Waals surface area contributed by atoms with Gasteiger partial charge in [0.25, 0.3) is 0 Å². The predicted octanol–water partition coefficient (Wildman–Crippen LogP) is 2.70. The third-order valence-corrected chi connectivity index (χ3v) is 4.13. The smallest absolute Gasteiger partial charge is 0.0503 e. The fourth-order valence-corrected chi connectivity index (χ4v) is 2.79. The Balaban J connectivity index is 2.14. The van der Waals surface area contributed by atoms with Gasteiger partial charge in [-0.05, 0) is 23.5 Å². The van der Waals surface area contributed by atoms with Crippen LogP contribution in [-0.4, -0.2) is 39.4 Å². The van der Waals surface area contributed by atoms with E-state index in [1.54, 1.807) is 7.11 Å². The molecule has 2 rings (SSSR count). The molecule has 0 radical (unpaired) electrons. The van der Waals surface area contributed by atoms with E-state index in [1.807, 2.05) is 0 Å². The van der Waals surface area contributed by atoms with Crippen molar-refractivity contribution in [2.24, 2.45) is 5.41 Å². The van der Waals surface area contributed by atoms with Gasteiger partial charge in [0, 0.05) is 38.5 Å². The number of hydrogen-bond acceptors (Lipinski definition) is 3. The van der Waals surface area contributed by atoms with Crippen molar-refractivity contribution >= 4 is 5.69 Å². The Morgan fingerprint density at radius 1 is 1.30 bits per heavy atom. The molecule has 20 heavy (non-hydrogen) atoms. The molecule has 0 aromatic heterocycles. The van der Waals surface area contributed by atoms with E-state index < -0.39 is 0 Å². The summed E-state index contributed by atoms with van der Waals surface area (Å²) in [5.41, 5.74) is 3.06. The predicted molar refractivity (Wildman–Crippen MR) is 85.5 cm³/mol. The summed E-state index contributed by atoms with van der Waals surface area (Å²) in [6.45, 7) is 10.9. The van der Waals surface area contributed by atoms with Crippen molar-refractivity contribution in [3.05, 3.63) is 29.8 Å². The summed E-state index contributed by atoms with van der Waals surface area (Å²) in [6, 6.07) is 9.27. The molecule has 3 heteroatoms. The number of nitrogens with one attached hydrogen (secondary N) is 1. The molecule has 0 saturated carbocycles. The van der Waals surface area contributed by atoms with E-state index in [2.05, 4.69) is 55.3 Å². The first kappa shape index (κ1) is 15.3. The fourth-order valence-electron chi connectivity index (χ4n) is 2.79. The summed E-state index contributed by atoms with van der Waals surface area (Å²) in [6.07, 6.45) is 0.983. The molecule has 1 aromatic carbocycles. The fraction of sp³-hybridized carbons (Fsp3) is 0.647. The zero-order valence-electron chi connectivity index (χ0n) is 13.3. The Kier molecular flexibility index (Phi) is 5.06. The normalized spacial score (nSPS) is 20.2. The van der Waals surface area contributed by atoms with Gasteiger partial charge in [-0.15, -0.1) is 0 Å². The van der Waals surface area contributed by atoms with E-state index in [0.717, 1.165) is 32.7 Å². The van der Waals surface area contributed by atoms with Gasteiger partial charge in [-0.1, -0.05) is 39.0 Å². The first-order valence-electron chi connectivity index (χ1n) is 7.57. The maximum absolute atomic E-state index is 5.23. The molecular weight excluding hydrogens is 248 g/mol. The Morgan fingerprint density at radius 2 is 2.05 bits per heavy atom. The van der Waals surface area contributed by atoms with Crippen molar-refractivity contribution in [3.8, 4) is 0 Å². The number of ether oxygens (including phenoxy) is 1. The number of rotatable bonds is 4. The van der Waals surface area contributed by atoms with E-state index in [9.17, 15) is 0 Å². The molecule has 1 heterocycles. The Labute approximate surface area is 123 Å². The van der Waals surface area contributed by atoms with Gasteiger partial charge >= 0.3 is 0 Å². The van der Waals surface area contributed by atoms with Crippen LogP contribution in [0.15, 0.2) is 24.3 Å². The standard InChI is InChI=1S/C17H28N2O/c1-17(2,3)16-13-19(11-10-18-16)15-8-6-5-7-14(15)9-12-20-4/h5-8,16,18H,9-13H2,1-4H3. The van der Waals surface area contributed by atoms with Crippen LogP contribution in [0.25, 0.3) is 0 Å². The monoisotopic (exact) mass is 276 g/mol. The average Bonchev–Trinajstić information content (AvgIpc) is 2.45. The summed E-state index contributed by atoms with van der Waals surface area (Å²) in [4.78, 5) is 2.53. The number of nitrogens with zero attached hydrogens (tertiary/aromatic N) is 1. The Bertz CT molecular complexity index is 425. The van der Waals surface area contributed by atoms with E-state index in [4.69, 9.17) is 4.74 Å². The molecule has 0 aliphatic carbocycles. The molecule has 0 amide bonds. The number of anilines is 1. The molecule has 1 unspecified atom stereocenters. The van der Waals surface area contributed by atoms with E-state index in [1.165, 1.54) is 11.3 Å². The van der Waals surface area contributed by atoms with Crippen molar-refractivity contribution in [1.82, 2.24) is 5.32 Å². The molecule has 3 nitrogen and oxygen atoms in total. The van der Waals surface area contributed by atoms with Crippen LogP contribution in [0.4, 0.5) is 5.69 Å². The van der Waals surface area contributed by atoms with Gasteiger partial charge in [0.15, 0.2) is 0 Å².